The molecule has 2 N–H and O–H groups in total. The van der Waals surface area contributed by atoms with Crippen LogP contribution in [0, 0.1) is 5.92 Å². The molecule has 1 unspecified atom stereocenters. The van der Waals surface area contributed by atoms with Crippen LogP contribution < -0.4 is 11.4 Å². The number of ether oxygens (including phenoxy) is 1. The van der Waals surface area contributed by atoms with Gasteiger partial charge in [0.2, 0.25) is 0 Å². The zero-order chi connectivity index (χ0) is 19.9. The van der Waals surface area contributed by atoms with Crippen molar-refractivity contribution in [1.29, 1.82) is 0 Å². The van der Waals surface area contributed by atoms with E-state index in [4.69, 9.17) is 14.9 Å². The quantitative estimate of drug-likeness (QED) is 0.785. The standard InChI is InChI=1S/C18H32FN3O3Si/c1-8-18(11-19)12(2)14(25-26(6,7)17(3,4)5)15(24-18)22-10-9-13(20)21-16(22)23/h9-10,12,14-15H,8,11H2,1-7H3,(H2,20,21,23)/t12-,14?,15+,18-/m0/s1. The molecule has 2 rings (SSSR count). The lowest BCUT2D eigenvalue weighted by Gasteiger charge is -2.40. The molecule has 0 spiro atoms. The van der Waals surface area contributed by atoms with E-state index in [1.807, 2.05) is 13.8 Å². The average Bonchev–Trinajstić information content (AvgIpc) is 2.79. The molecule has 6 nitrogen and oxygen atoms in total. The van der Waals surface area contributed by atoms with Gasteiger partial charge in [-0.25, -0.2) is 9.18 Å². The Hall–Kier alpha value is -1.25. The highest BCUT2D eigenvalue weighted by Gasteiger charge is 2.56. The molecule has 0 saturated carbocycles. The molecule has 8 heteroatoms. The van der Waals surface area contributed by atoms with Crippen LogP contribution in [0.25, 0.3) is 0 Å². The molecule has 0 aliphatic carbocycles. The Morgan fingerprint density at radius 1 is 1.46 bits per heavy atom. The van der Waals surface area contributed by atoms with Crippen molar-refractivity contribution in [2.24, 2.45) is 5.92 Å². The van der Waals surface area contributed by atoms with E-state index in [1.165, 1.54) is 4.57 Å². The van der Waals surface area contributed by atoms with Gasteiger partial charge in [-0.1, -0.05) is 34.6 Å². The molecule has 0 radical (unpaired) electrons. The van der Waals surface area contributed by atoms with Crippen LogP contribution in [0.4, 0.5) is 10.2 Å². The molecule has 4 atom stereocenters. The summed E-state index contributed by atoms with van der Waals surface area (Å²) in [6.45, 7) is 13.9. The Kier molecular flexibility index (Phi) is 5.71. The van der Waals surface area contributed by atoms with Crippen molar-refractivity contribution in [1.82, 2.24) is 9.55 Å². The summed E-state index contributed by atoms with van der Waals surface area (Å²) in [6, 6.07) is 1.54. The van der Waals surface area contributed by atoms with E-state index in [-0.39, 0.29) is 16.8 Å². The first-order valence-electron chi connectivity index (χ1n) is 9.15. The summed E-state index contributed by atoms with van der Waals surface area (Å²) < 4.78 is 28.1. The highest BCUT2D eigenvalue weighted by molar-refractivity contribution is 6.74. The zero-order valence-corrected chi connectivity index (χ0v) is 17.9. The third-order valence-electron chi connectivity index (χ3n) is 6.15. The molecule has 26 heavy (non-hydrogen) atoms. The minimum Gasteiger partial charge on any atom is -0.409 e. The lowest BCUT2D eigenvalue weighted by Crippen LogP contribution is -2.48. The highest BCUT2D eigenvalue weighted by atomic mass is 28.4. The summed E-state index contributed by atoms with van der Waals surface area (Å²) in [5.74, 6) is -0.0625. The first-order valence-corrected chi connectivity index (χ1v) is 12.1. The maximum atomic E-state index is 14.0. The van der Waals surface area contributed by atoms with Gasteiger partial charge in [-0.2, -0.15) is 4.98 Å². The van der Waals surface area contributed by atoms with Crippen molar-refractivity contribution in [2.45, 2.75) is 77.1 Å². The van der Waals surface area contributed by atoms with Crippen molar-refractivity contribution in [3.8, 4) is 0 Å². The van der Waals surface area contributed by atoms with Crippen LogP contribution in [-0.2, 0) is 9.16 Å². The van der Waals surface area contributed by atoms with Gasteiger partial charge in [-0.15, -0.1) is 0 Å². The van der Waals surface area contributed by atoms with Crippen LogP contribution in [0.5, 0.6) is 0 Å². The third kappa shape index (κ3) is 3.59. The van der Waals surface area contributed by atoms with Crippen molar-refractivity contribution >= 4 is 14.1 Å². The number of aromatic nitrogens is 2. The number of hydrogen-bond acceptors (Lipinski definition) is 5. The Bertz CT molecular complexity index is 698. The van der Waals surface area contributed by atoms with Gasteiger partial charge < -0.3 is 14.9 Å². The lowest BCUT2D eigenvalue weighted by atomic mass is 9.86. The number of alkyl halides is 1. The van der Waals surface area contributed by atoms with Crippen molar-refractivity contribution < 1.29 is 13.6 Å². The Morgan fingerprint density at radius 3 is 2.54 bits per heavy atom. The van der Waals surface area contributed by atoms with Crippen LogP contribution in [0.2, 0.25) is 18.1 Å². The predicted octanol–water partition coefficient (Wildman–Crippen LogP) is 3.50. The van der Waals surface area contributed by atoms with Crippen molar-refractivity contribution in [2.75, 3.05) is 12.4 Å². The molecule has 1 aliphatic rings. The highest BCUT2D eigenvalue weighted by Crippen LogP contribution is 2.48. The maximum absolute atomic E-state index is 14.0. The minimum absolute atomic E-state index is 0.0191. The number of nitrogen functional groups attached to an aromatic ring is 1. The van der Waals surface area contributed by atoms with E-state index in [0.29, 0.717) is 6.42 Å². The largest absolute Gasteiger partial charge is 0.409 e. The lowest BCUT2D eigenvalue weighted by molar-refractivity contribution is -0.105. The Labute approximate surface area is 156 Å². The Morgan fingerprint density at radius 2 is 2.08 bits per heavy atom. The minimum atomic E-state index is -2.17. The fourth-order valence-corrected chi connectivity index (χ4v) is 4.48. The summed E-state index contributed by atoms with van der Waals surface area (Å²) in [5.41, 5.74) is 4.11. The SMILES string of the molecule is CC[C@@]1(CF)O[C@@H](n2ccc(N)nc2=O)C(O[Si](C)(C)C(C)(C)C)[C@@H]1C. The molecule has 1 saturated heterocycles. The summed E-state index contributed by atoms with van der Waals surface area (Å²) in [7, 11) is -2.17. The molecule has 0 aromatic carbocycles. The molecule has 148 valence electrons. The molecule has 1 aromatic heterocycles. The van der Waals surface area contributed by atoms with E-state index in [2.05, 4.69) is 38.8 Å². The topological polar surface area (TPSA) is 79.4 Å². The molecular formula is C18H32FN3O3Si. The molecule has 1 aliphatic heterocycles. The molecule has 1 fully saturated rings. The third-order valence-corrected chi connectivity index (χ3v) is 10.6. The molecule has 0 bridgehead atoms. The van der Waals surface area contributed by atoms with Crippen LogP contribution in [0.1, 0.15) is 47.3 Å². The average molecular weight is 386 g/mol. The maximum Gasteiger partial charge on any atom is 0.351 e. The van der Waals surface area contributed by atoms with Crippen LogP contribution in [-0.4, -0.2) is 36.2 Å². The number of halogens is 1. The molecule has 0 amide bonds. The van der Waals surface area contributed by atoms with Gasteiger partial charge in [0.05, 0.1) is 6.10 Å². The van der Waals surface area contributed by atoms with E-state index >= 15 is 0 Å². The summed E-state index contributed by atoms with van der Waals surface area (Å²) in [5, 5.41) is -0.0191. The number of anilines is 1. The van der Waals surface area contributed by atoms with Crippen molar-refractivity contribution in [3.05, 3.63) is 22.7 Å². The van der Waals surface area contributed by atoms with Crippen LogP contribution in [0.3, 0.4) is 0 Å². The second-order valence-electron chi connectivity index (χ2n) is 8.73. The number of hydrogen-bond donors (Lipinski definition) is 1. The first kappa shape index (κ1) is 21.1. The van der Waals surface area contributed by atoms with E-state index < -0.39 is 38.6 Å². The van der Waals surface area contributed by atoms with Crippen molar-refractivity contribution in [3.63, 3.8) is 0 Å². The fraction of sp³-hybridized carbons (Fsp3) is 0.778. The molecule has 2 heterocycles. The molecular weight excluding hydrogens is 353 g/mol. The van der Waals surface area contributed by atoms with Gasteiger partial charge in [0.25, 0.3) is 0 Å². The molecule has 1 aromatic rings. The summed E-state index contributed by atoms with van der Waals surface area (Å²) in [6.07, 6.45) is 0.883. The number of nitrogens with zero attached hydrogens (tertiary/aromatic N) is 2. The normalized spacial score (nSPS) is 29.9. The summed E-state index contributed by atoms with van der Waals surface area (Å²) in [4.78, 5) is 16.2. The van der Waals surface area contributed by atoms with Crippen LogP contribution >= 0.6 is 0 Å². The van der Waals surface area contributed by atoms with E-state index in [0.717, 1.165) is 0 Å². The van der Waals surface area contributed by atoms with Gasteiger partial charge in [0, 0.05) is 12.1 Å². The van der Waals surface area contributed by atoms with Gasteiger partial charge in [-0.05, 0) is 30.6 Å². The van der Waals surface area contributed by atoms with Crippen LogP contribution in [0.15, 0.2) is 17.1 Å². The van der Waals surface area contributed by atoms with E-state index in [9.17, 15) is 9.18 Å². The zero-order valence-electron chi connectivity index (χ0n) is 16.9. The second-order valence-corrected chi connectivity index (χ2v) is 13.5. The first-order chi connectivity index (χ1) is 11.9. The second kappa shape index (κ2) is 7.05. The smallest absolute Gasteiger partial charge is 0.351 e. The predicted molar refractivity (Wildman–Crippen MR) is 103 cm³/mol. The fourth-order valence-electron chi connectivity index (χ4n) is 3.13. The number of rotatable bonds is 5. The monoisotopic (exact) mass is 385 g/mol. The van der Waals surface area contributed by atoms with Gasteiger partial charge in [-0.3, -0.25) is 4.57 Å². The van der Waals surface area contributed by atoms with Gasteiger partial charge >= 0.3 is 5.69 Å². The van der Waals surface area contributed by atoms with Gasteiger partial charge in [0.15, 0.2) is 14.5 Å². The number of nitrogens with two attached hydrogens (primary N) is 1. The van der Waals surface area contributed by atoms with Gasteiger partial charge in [0.1, 0.15) is 18.1 Å². The van der Waals surface area contributed by atoms with E-state index in [1.54, 1.807) is 12.3 Å². The summed E-state index contributed by atoms with van der Waals surface area (Å²) >= 11 is 0. The Balaban J connectivity index is 2.50.